The topological polar surface area (TPSA) is 41.3 Å². The van der Waals surface area contributed by atoms with Gasteiger partial charge in [-0.25, -0.2) is 0 Å². The lowest BCUT2D eigenvalue weighted by molar-refractivity contribution is 0.227. The maximum atomic E-state index is 6.24. The Morgan fingerprint density at radius 3 is 2.61 bits per heavy atom. The molecule has 2 atom stereocenters. The summed E-state index contributed by atoms with van der Waals surface area (Å²) in [6.45, 7) is 4.27. The number of rotatable bonds is 5. The van der Waals surface area contributed by atoms with Gasteiger partial charge in [-0.1, -0.05) is 29.4 Å². The zero-order valence-electron chi connectivity index (χ0n) is 15.5. The predicted octanol–water partition coefficient (Wildman–Crippen LogP) is 5.86. The van der Waals surface area contributed by atoms with Crippen LogP contribution >= 0.6 is 35.6 Å². The first-order chi connectivity index (χ1) is 13.5. The van der Waals surface area contributed by atoms with E-state index in [0.29, 0.717) is 0 Å². The fourth-order valence-corrected chi connectivity index (χ4v) is 4.75. The number of hydrogen-bond donors (Lipinski definition) is 1. The van der Waals surface area contributed by atoms with Crippen molar-refractivity contribution in [1.82, 2.24) is 15.2 Å². The van der Waals surface area contributed by atoms with Gasteiger partial charge in [-0.05, 0) is 74.6 Å². The molecule has 0 unspecified atom stereocenters. The Kier molecular flexibility index (Phi) is 5.62. The van der Waals surface area contributed by atoms with Crippen molar-refractivity contribution >= 4 is 40.7 Å². The molecular formula is C21H20ClN3OS2. The first kappa shape index (κ1) is 19.3. The average molecular weight is 430 g/mol. The molecule has 2 aromatic heterocycles. The van der Waals surface area contributed by atoms with Crippen LogP contribution in [-0.4, -0.2) is 21.0 Å². The van der Waals surface area contributed by atoms with Crippen molar-refractivity contribution in [3.63, 3.8) is 0 Å². The number of furan rings is 1. The first-order valence-electron chi connectivity index (χ1n) is 9.06. The lowest BCUT2D eigenvalue weighted by atomic mass is 10.0. The molecule has 3 heterocycles. The molecule has 28 heavy (non-hydrogen) atoms. The van der Waals surface area contributed by atoms with Crippen LogP contribution in [-0.2, 0) is 0 Å². The predicted molar refractivity (Wildman–Crippen MR) is 117 cm³/mol. The molecule has 0 aliphatic carbocycles. The van der Waals surface area contributed by atoms with Gasteiger partial charge >= 0.3 is 0 Å². The van der Waals surface area contributed by atoms with E-state index in [4.69, 9.17) is 28.2 Å². The summed E-state index contributed by atoms with van der Waals surface area (Å²) in [5.74, 6) is 0.869. The Morgan fingerprint density at radius 1 is 1.14 bits per heavy atom. The van der Waals surface area contributed by atoms with E-state index < -0.39 is 0 Å². The Balaban J connectivity index is 1.65. The molecule has 0 saturated carbocycles. The van der Waals surface area contributed by atoms with Gasteiger partial charge in [0, 0.05) is 22.2 Å². The van der Waals surface area contributed by atoms with Crippen LogP contribution in [0.3, 0.4) is 0 Å². The molecule has 4 nitrogen and oxygen atoms in total. The molecule has 4 rings (SSSR count). The third-order valence-electron chi connectivity index (χ3n) is 4.62. The van der Waals surface area contributed by atoms with Gasteiger partial charge in [0.1, 0.15) is 11.8 Å². The highest BCUT2D eigenvalue weighted by Crippen LogP contribution is 2.42. The van der Waals surface area contributed by atoms with Gasteiger partial charge in [0.2, 0.25) is 0 Å². The van der Waals surface area contributed by atoms with Crippen molar-refractivity contribution in [2.45, 2.75) is 42.0 Å². The summed E-state index contributed by atoms with van der Waals surface area (Å²) in [5.41, 5.74) is 0.946. The van der Waals surface area contributed by atoms with Gasteiger partial charge in [-0.15, -0.1) is 0 Å². The maximum Gasteiger partial charge on any atom is 0.170 e. The number of nitrogens with zero attached hydrogens (tertiary/aromatic N) is 2. The fourth-order valence-electron chi connectivity index (χ4n) is 3.39. The molecular weight excluding hydrogens is 410 g/mol. The van der Waals surface area contributed by atoms with Crippen LogP contribution < -0.4 is 5.32 Å². The van der Waals surface area contributed by atoms with Gasteiger partial charge in [0.15, 0.2) is 10.2 Å². The molecule has 1 N–H and O–H groups in total. The minimum atomic E-state index is -0.0596. The third-order valence-corrected chi connectivity index (χ3v) is 6.13. The lowest BCUT2D eigenvalue weighted by Gasteiger charge is -2.29. The van der Waals surface area contributed by atoms with Gasteiger partial charge in [-0.3, -0.25) is 4.98 Å². The normalized spacial score (nSPS) is 19.3. The number of benzene rings is 1. The summed E-state index contributed by atoms with van der Waals surface area (Å²) in [4.78, 5) is 7.80. The van der Waals surface area contributed by atoms with Crippen LogP contribution in [0.5, 0.6) is 0 Å². The monoisotopic (exact) mass is 429 g/mol. The molecule has 1 saturated heterocycles. The molecule has 7 heteroatoms. The minimum absolute atomic E-state index is 0.0537. The summed E-state index contributed by atoms with van der Waals surface area (Å²) in [6, 6.07) is 17.8. The molecule has 144 valence electrons. The molecule has 1 aliphatic heterocycles. The molecule has 0 spiro atoms. The van der Waals surface area contributed by atoms with Crippen LogP contribution in [0.2, 0.25) is 5.02 Å². The number of pyridine rings is 1. The van der Waals surface area contributed by atoms with E-state index in [-0.39, 0.29) is 18.1 Å². The average Bonchev–Trinajstić information content (AvgIpc) is 3.28. The second-order valence-electron chi connectivity index (χ2n) is 6.84. The van der Waals surface area contributed by atoms with Crippen LogP contribution in [0.15, 0.2) is 75.2 Å². The van der Waals surface area contributed by atoms with Crippen molar-refractivity contribution in [3.8, 4) is 0 Å². The van der Waals surface area contributed by atoms with Crippen LogP contribution in [0.25, 0.3) is 0 Å². The van der Waals surface area contributed by atoms with Gasteiger partial charge < -0.3 is 14.6 Å². The SMILES string of the molecule is CC(C)N1C(=S)N[C@@H](c2ccccn2)[C@H]1c1ccc(Sc2ccc(Cl)cc2)o1. The van der Waals surface area contributed by atoms with E-state index in [1.165, 1.54) is 0 Å². The van der Waals surface area contributed by atoms with Crippen molar-refractivity contribution < 1.29 is 4.42 Å². The zero-order valence-corrected chi connectivity index (χ0v) is 17.9. The maximum absolute atomic E-state index is 6.24. The highest BCUT2D eigenvalue weighted by Gasteiger charge is 2.42. The van der Waals surface area contributed by atoms with Crippen molar-refractivity contribution in [1.29, 1.82) is 0 Å². The summed E-state index contributed by atoms with van der Waals surface area (Å²) < 4.78 is 6.24. The van der Waals surface area contributed by atoms with Crippen LogP contribution in [0, 0.1) is 0 Å². The smallest absolute Gasteiger partial charge is 0.170 e. The number of nitrogens with one attached hydrogen (secondary N) is 1. The van der Waals surface area contributed by atoms with Crippen molar-refractivity contribution in [3.05, 3.63) is 77.3 Å². The van der Waals surface area contributed by atoms with Gasteiger partial charge in [-0.2, -0.15) is 0 Å². The van der Waals surface area contributed by atoms with E-state index in [0.717, 1.165) is 31.6 Å². The summed E-state index contributed by atoms with van der Waals surface area (Å²) in [5, 5.41) is 5.71. The van der Waals surface area contributed by atoms with E-state index in [9.17, 15) is 0 Å². The molecule has 0 bridgehead atoms. The van der Waals surface area contributed by atoms with E-state index >= 15 is 0 Å². The molecule has 0 amide bonds. The number of aromatic nitrogens is 1. The molecule has 1 fully saturated rings. The number of halogens is 1. The van der Waals surface area contributed by atoms with E-state index in [2.05, 4.69) is 29.0 Å². The Hall–Kier alpha value is -2.02. The van der Waals surface area contributed by atoms with Crippen molar-refractivity contribution in [2.24, 2.45) is 0 Å². The summed E-state index contributed by atoms with van der Waals surface area (Å²) in [6.07, 6.45) is 1.80. The Bertz CT molecular complexity index is 959. The highest BCUT2D eigenvalue weighted by atomic mass is 35.5. The second kappa shape index (κ2) is 8.15. The van der Waals surface area contributed by atoms with Crippen molar-refractivity contribution in [2.75, 3.05) is 0 Å². The van der Waals surface area contributed by atoms with Crippen LogP contribution in [0.4, 0.5) is 0 Å². The number of thiocarbonyl (C=S) groups is 1. The minimum Gasteiger partial charge on any atom is -0.452 e. The highest BCUT2D eigenvalue weighted by molar-refractivity contribution is 7.99. The lowest BCUT2D eigenvalue weighted by Crippen LogP contribution is -2.35. The third kappa shape index (κ3) is 3.90. The molecule has 3 aromatic rings. The fraction of sp³-hybridized carbons (Fsp3) is 0.238. The quantitative estimate of drug-likeness (QED) is 0.512. The van der Waals surface area contributed by atoms with Crippen LogP contribution in [0.1, 0.15) is 37.4 Å². The second-order valence-corrected chi connectivity index (χ2v) is 8.74. The Morgan fingerprint density at radius 2 is 1.93 bits per heavy atom. The molecule has 1 aliphatic rings. The van der Waals surface area contributed by atoms with Gasteiger partial charge in [0.05, 0.1) is 11.7 Å². The summed E-state index contributed by atoms with van der Waals surface area (Å²) >= 11 is 13.2. The Labute approximate surface area is 179 Å². The van der Waals surface area contributed by atoms with E-state index in [1.807, 2.05) is 54.6 Å². The first-order valence-corrected chi connectivity index (χ1v) is 10.7. The zero-order chi connectivity index (χ0) is 19.7. The van der Waals surface area contributed by atoms with E-state index in [1.54, 1.807) is 18.0 Å². The number of hydrogen-bond acceptors (Lipinski definition) is 4. The molecule has 0 radical (unpaired) electrons. The molecule has 1 aromatic carbocycles. The summed E-state index contributed by atoms with van der Waals surface area (Å²) in [7, 11) is 0. The standard InChI is InChI=1S/C21H20ClN3OS2/c1-13(2)25-20(19(24-21(25)27)16-5-3-4-12-23-16)17-10-11-18(26-17)28-15-8-6-14(22)7-9-15/h3-13,19-20H,1-2H3,(H,24,27)/t19-,20+/m0/s1. The van der Waals surface area contributed by atoms with Gasteiger partial charge in [0.25, 0.3) is 0 Å². The largest absolute Gasteiger partial charge is 0.452 e.